The highest BCUT2D eigenvalue weighted by Gasteiger charge is 2.51. The molecular weight excluding hydrogens is 334 g/mol. The van der Waals surface area contributed by atoms with Crippen LogP contribution in [0.25, 0.3) is 10.2 Å². The van der Waals surface area contributed by atoms with E-state index < -0.39 is 0 Å². The second-order valence-corrected chi connectivity index (χ2v) is 9.21. The van der Waals surface area contributed by atoms with Crippen molar-refractivity contribution in [1.82, 2.24) is 14.9 Å². The molecule has 0 saturated heterocycles. The molecular formula is C19H23N3O2S. The van der Waals surface area contributed by atoms with E-state index in [1.165, 1.54) is 43.4 Å². The average Bonchev–Trinajstić information content (AvgIpc) is 3.02. The molecule has 2 aromatic rings. The first-order valence-electron chi connectivity index (χ1n) is 9.30. The summed E-state index contributed by atoms with van der Waals surface area (Å²) in [7, 11) is 1.85. The van der Waals surface area contributed by atoms with E-state index in [1.54, 1.807) is 4.90 Å². The standard InChI is InChI=1S/C19H23N3O2S/c1-22(9-15-20-14-2-3-25-17(14)18(23)21-15)19(24)16-12-5-10-4-11(7-12)8-13(16)6-10/h2-3,10-13,16H,4-9H2,1H3,(H,20,21,23). The highest BCUT2D eigenvalue weighted by Crippen LogP contribution is 2.56. The fourth-order valence-corrected chi connectivity index (χ4v) is 6.61. The molecule has 0 aromatic carbocycles. The first kappa shape index (κ1) is 15.6. The lowest BCUT2D eigenvalue weighted by molar-refractivity contribution is -0.148. The molecule has 0 radical (unpaired) electrons. The van der Waals surface area contributed by atoms with Crippen molar-refractivity contribution in [3.05, 3.63) is 27.6 Å². The number of carbonyl (C=O) groups excluding carboxylic acids is 1. The number of thiophene rings is 1. The van der Waals surface area contributed by atoms with Crippen LogP contribution in [0.3, 0.4) is 0 Å². The molecule has 6 rings (SSSR count). The van der Waals surface area contributed by atoms with E-state index >= 15 is 0 Å². The van der Waals surface area contributed by atoms with E-state index in [9.17, 15) is 9.59 Å². The van der Waals surface area contributed by atoms with Crippen LogP contribution in [0.2, 0.25) is 0 Å². The van der Waals surface area contributed by atoms with Crippen molar-refractivity contribution in [3.8, 4) is 0 Å². The number of rotatable bonds is 3. The molecule has 132 valence electrons. The zero-order valence-corrected chi connectivity index (χ0v) is 15.2. The lowest BCUT2D eigenvalue weighted by Gasteiger charge is -2.54. The lowest BCUT2D eigenvalue weighted by atomic mass is 9.51. The van der Waals surface area contributed by atoms with Crippen molar-refractivity contribution in [3.63, 3.8) is 0 Å². The Bertz CT molecular complexity index is 858. The third-order valence-corrected chi connectivity index (χ3v) is 7.54. The summed E-state index contributed by atoms with van der Waals surface area (Å²) in [6.07, 6.45) is 6.37. The average molecular weight is 357 g/mol. The molecule has 25 heavy (non-hydrogen) atoms. The molecule has 6 heteroatoms. The number of aromatic amines is 1. The van der Waals surface area contributed by atoms with Crippen LogP contribution in [0.5, 0.6) is 0 Å². The molecule has 4 saturated carbocycles. The minimum Gasteiger partial charge on any atom is -0.338 e. The van der Waals surface area contributed by atoms with Crippen LogP contribution in [-0.4, -0.2) is 27.8 Å². The van der Waals surface area contributed by atoms with Gasteiger partial charge in [0.15, 0.2) is 0 Å². The number of amides is 1. The largest absolute Gasteiger partial charge is 0.338 e. The van der Waals surface area contributed by atoms with Gasteiger partial charge in [0.1, 0.15) is 10.5 Å². The zero-order chi connectivity index (χ0) is 17.1. The molecule has 2 heterocycles. The Kier molecular flexibility index (Phi) is 3.52. The number of hydrogen-bond donors (Lipinski definition) is 1. The minimum atomic E-state index is -0.106. The Morgan fingerprint density at radius 3 is 2.60 bits per heavy atom. The van der Waals surface area contributed by atoms with E-state index in [4.69, 9.17) is 0 Å². The molecule has 0 aliphatic heterocycles. The summed E-state index contributed by atoms with van der Waals surface area (Å²) in [4.78, 5) is 34.4. The predicted molar refractivity (Wildman–Crippen MR) is 97.2 cm³/mol. The maximum atomic E-state index is 13.1. The Labute approximate surface area is 150 Å². The Balaban J connectivity index is 1.36. The third kappa shape index (κ3) is 2.53. The van der Waals surface area contributed by atoms with E-state index in [0.29, 0.717) is 28.9 Å². The van der Waals surface area contributed by atoms with Crippen molar-refractivity contribution in [2.75, 3.05) is 7.05 Å². The minimum absolute atomic E-state index is 0.106. The van der Waals surface area contributed by atoms with Gasteiger partial charge in [-0.2, -0.15) is 0 Å². The molecule has 1 amide bonds. The van der Waals surface area contributed by atoms with Crippen LogP contribution in [0, 0.1) is 29.6 Å². The van der Waals surface area contributed by atoms with Gasteiger partial charge in [-0.25, -0.2) is 4.98 Å². The normalized spacial score (nSPS) is 33.1. The second-order valence-electron chi connectivity index (χ2n) is 8.30. The highest BCUT2D eigenvalue weighted by molar-refractivity contribution is 7.17. The van der Waals surface area contributed by atoms with Gasteiger partial charge in [0.2, 0.25) is 5.91 Å². The molecule has 4 bridgehead atoms. The number of aromatic nitrogens is 2. The number of fused-ring (bicyclic) bond motifs is 1. The summed E-state index contributed by atoms with van der Waals surface area (Å²) in [5.74, 6) is 3.92. The van der Waals surface area contributed by atoms with Gasteiger partial charge < -0.3 is 9.88 Å². The number of carbonyl (C=O) groups is 1. The quantitative estimate of drug-likeness (QED) is 0.918. The van der Waals surface area contributed by atoms with Gasteiger partial charge in [0.25, 0.3) is 5.56 Å². The zero-order valence-electron chi connectivity index (χ0n) is 14.4. The fourth-order valence-electron chi connectivity index (χ4n) is 5.88. The molecule has 0 spiro atoms. The molecule has 4 fully saturated rings. The van der Waals surface area contributed by atoms with Crippen LogP contribution in [-0.2, 0) is 11.3 Å². The van der Waals surface area contributed by atoms with Crippen molar-refractivity contribution in [2.24, 2.45) is 29.6 Å². The SMILES string of the molecule is CN(Cc1nc2ccsc2c(=O)[nH]1)C(=O)C1C2CC3CC(C2)CC1C3. The van der Waals surface area contributed by atoms with Crippen LogP contribution < -0.4 is 5.56 Å². The number of nitrogens with zero attached hydrogens (tertiary/aromatic N) is 2. The summed E-state index contributed by atoms with van der Waals surface area (Å²) in [6.45, 7) is 0.378. The summed E-state index contributed by atoms with van der Waals surface area (Å²) < 4.78 is 0.652. The van der Waals surface area contributed by atoms with E-state index in [2.05, 4.69) is 9.97 Å². The van der Waals surface area contributed by atoms with Crippen LogP contribution >= 0.6 is 11.3 Å². The molecule has 4 aliphatic carbocycles. The van der Waals surface area contributed by atoms with Gasteiger partial charge in [-0.1, -0.05) is 0 Å². The lowest BCUT2D eigenvalue weighted by Crippen LogP contribution is -2.51. The molecule has 0 atom stereocenters. The summed E-state index contributed by atoms with van der Waals surface area (Å²) in [6, 6.07) is 1.86. The number of H-pyrrole nitrogens is 1. The first-order chi connectivity index (χ1) is 12.1. The maximum absolute atomic E-state index is 13.1. The van der Waals surface area contributed by atoms with Crippen LogP contribution in [0.15, 0.2) is 16.2 Å². The highest BCUT2D eigenvalue weighted by atomic mass is 32.1. The van der Waals surface area contributed by atoms with E-state index in [0.717, 1.165) is 17.4 Å². The van der Waals surface area contributed by atoms with Crippen LogP contribution in [0.4, 0.5) is 0 Å². The molecule has 1 N–H and O–H groups in total. The van der Waals surface area contributed by atoms with Crippen molar-refractivity contribution >= 4 is 27.5 Å². The maximum Gasteiger partial charge on any atom is 0.268 e. The van der Waals surface area contributed by atoms with Crippen molar-refractivity contribution in [2.45, 2.75) is 38.6 Å². The van der Waals surface area contributed by atoms with Gasteiger partial charge in [0.05, 0.1) is 12.1 Å². The molecule has 2 aromatic heterocycles. The molecule has 4 aliphatic rings. The topological polar surface area (TPSA) is 66.1 Å². The van der Waals surface area contributed by atoms with Crippen molar-refractivity contribution in [1.29, 1.82) is 0 Å². The monoisotopic (exact) mass is 357 g/mol. The predicted octanol–water partition coefficient (Wildman–Crippen LogP) is 3.02. The summed E-state index contributed by atoms with van der Waals surface area (Å²) in [5.41, 5.74) is 0.615. The van der Waals surface area contributed by atoms with Gasteiger partial charge in [0, 0.05) is 13.0 Å². The van der Waals surface area contributed by atoms with Gasteiger partial charge >= 0.3 is 0 Å². The van der Waals surface area contributed by atoms with Gasteiger partial charge in [-0.3, -0.25) is 9.59 Å². The molecule has 5 nitrogen and oxygen atoms in total. The Morgan fingerprint density at radius 2 is 1.92 bits per heavy atom. The third-order valence-electron chi connectivity index (χ3n) is 6.64. The fraction of sp³-hybridized carbons (Fsp3) is 0.632. The number of hydrogen-bond acceptors (Lipinski definition) is 4. The van der Waals surface area contributed by atoms with Crippen molar-refractivity contribution < 1.29 is 4.79 Å². The Hall–Kier alpha value is -1.69. The van der Waals surface area contributed by atoms with Gasteiger partial charge in [-0.15, -0.1) is 11.3 Å². The summed E-state index contributed by atoms with van der Waals surface area (Å²) >= 11 is 1.40. The first-order valence-corrected chi connectivity index (χ1v) is 10.2. The van der Waals surface area contributed by atoms with E-state index in [1.807, 2.05) is 18.5 Å². The number of nitrogens with one attached hydrogen (secondary N) is 1. The van der Waals surface area contributed by atoms with E-state index in [-0.39, 0.29) is 17.4 Å². The Morgan fingerprint density at radius 1 is 1.24 bits per heavy atom. The smallest absolute Gasteiger partial charge is 0.268 e. The molecule has 0 unspecified atom stereocenters. The summed E-state index contributed by atoms with van der Waals surface area (Å²) in [5, 5.41) is 1.88. The van der Waals surface area contributed by atoms with Gasteiger partial charge in [-0.05, 0) is 67.2 Å². The second kappa shape index (κ2) is 5.66. The van der Waals surface area contributed by atoms with Crippen LogP contribution in [0.1, 0.15) is 37.9 Å².